The molecule has 22 heavy (non-hydrogen) atoms. The van der Waals surface area contributed by atoms with Crippen LogP contribution in [0.4, 0.5) is 16.4 Å². The van der Waals surface area contributed by atoms with Crippen molar-refractivity contribution in [3.05, 3.63) is 48.3 Å². The molecule has 1 aliphatic heterocycles. The van der Waals surface area contributed by atoms with Crippen molar-refractivity contribution in [1.29, 1.82) is 0 Å². The van der Waals surface area contributed by atoms with E-state index < -0.39 is 0 Å². The molecule has 1 aliphatic rings. The minimum atomic E-state index is -0.375. The van der Waals surface area contributed by atoms with Gasteiger partial charge in [-0.1, -0.05) is 0 Å². The number of amides is 2. The number of cyclic esters (lactones) is 1. The van der Waals surface area contributed by atoms with Crippen LogP contribution in [-0.4, -0.2) is 35.1 Å². The van der Waals surface area contributed by atoms with E-state index >= 15 is 0 Å². The molecule has 0 unspecified atom stereocenters. The van der Waals surface area contributed by atoms with Crippen molar-refractivity contribution >= 4 is 23.6 Å². The second-order valence-electron chi connectivity index (χ2n) is 4.46. The van der Waals surface area contributed by atoms with Crippen LogP contribution in [0.5, 0.6) is 0 Å². The van der Waals surface area contributed by atoms with Crippen LogP contribution in [0.25, 0.3) is 0 Å². The third kappa shape index (κ3) is 2.95. The summed E-state index contributed by atoms with van der Waals surface area (Å²) in [5.41, 5.74) is 6.24. The summed E-state index contributed by atoms with van der Waals surface area (Å²) in [5, 5.41) is 0. The molecular weight excluding hydrogens is 286 g/mol. The van der Waals surface area contributed by atoms with Crippen molar-refractivity contribution in [2.45, 2.75) is 0 Å². The summed E-state index contributed by atoms with van der Waals surface area (Å²) in [7, 11) is 0. The van der Waals surface area contributed by atoms with E-state index in [-0.39, 0.29) is 12.0 Å². The van der Waals surface area contributed by atoms with Crippen LogP contribution in [0.3, 0.4) is 0 Å². The van der Waals surface area contributed by atoms with Crippen molar-refractivity contribution in [1.82, 2.24) is 15.4 Å². The molecule has 112 valence electrons. The van der Waals surface area contributed by atoms with Gasteiger partial charge in [0.25, 0.3) is 5.91 Å². The summed E-state index contributed by atoms with van der Waals surface area (Å²) >= 11 is 0. The lowest BCUT2D eigenvalue weighted by molar-refractivity contribution is 0.0962. The molecule has 0 saturated carbocycles. The molecule has 2 heterocycles. The largest absolute Gasteiger partial charge is 0.447 e. The van der Waals surface area contributed by atoms with Gasteiger partial charge in [-0.2, -0.15) is 0 Å². The van der Waals surface area contributed by atoms with E-state index in [1.165, 1.54) is 4.90 Å². The lowest BCUT2D eigenvalue weighted by Gasteiger charge is -2.13. The number of hydrazine groups is 1. The minimum absolute atomic E-state index is 0.298. The maximum atomic E-state index is 12.0. The van der Waals surface area contributed by atoms with Gasteiger partial charge >= 0.3 is 6.09 Å². The standard InChI is InChI=1S/C14H13N5O3/c20-12(17-18-13-15-6-1-7-16-13)10-2-4-11(5-3-10)19-8-9-22-14(19)21/h1-7H,8-9H2,(H,17,20)(H,15,16,18). The van der Waals surface area contributed by atoms with Crippen molar-refractivity contribution in [2.24, 2.45) is 0 Å². The fraction of sp³-hybridized carbons (Fsp3) is 0.143. The van der Waals surface area contributed by atoms with Crippen LogP contribution in [0.2, 0.25) is 0 Å². The first-order valence-electron chi connectivity index (χ1n) is 6.62. The highest BCUT2D eigenvalue weighted by Gasteiger charge is 2.23. The molecule has 1 aromatic carbocycles. The summed E-state index contributed by atoms with van der Waals surface area (Å²) in [4.78, 5) is 32.8. The summed E-state index contributed by atoms with van der Waals surface area (Å²) < 4.78 is 4.87. The number of ether oxygens (including phenoxy) is 1. The zero-order valence-electron chi connectivity index (χ0n) is 11.5. The Labute approximate surface area is 126 Å². The Morgan fingerprint density at radius 3 is 2.55 bits per heavy atom. The molecule has 1 saturated heterocycles. The number of carbonyl (C=O) groups excluding carboxylic acids is 2. The summed E-state index contributed by atoms with van der Waals surface area (Å²) in [6.45, 7) is 0.888. The third-order valence-corrected chi connectivity index (χ3v) is 3.06. The van der Waals surface area contributed by atoms with Gasteiger partial charge in [-0.15, -0.1) is 0 Å². The lowest BCUT2D eigenvalue weighted by Crippen LogP contribution is -2.30. The van der Waals surface area contributed by atoms with E-state index in [1.807, 2.05) is 0 Å². The number of nitrogens with one attached hydrogen (secondary N) is 2. The molecule has 2 N–H and O–H groups in total. The summed E-state index contributed by atoms with van der Waals surface area (Å²) in [5.74, 6) is -0.0321. The molecule has 0 bridgehead atoms. The molecule has 8 nitrogen and oxygen atoms in total. The lowest BCUT2D eigenvalue weighted by atomic mass is 10.2. The topological polar surface area (TPSA) is 96.4 Å². The maximum Gasteiger partial charge on any atom is 0.414 e. The highest BCUT2D eigenvalue weighted by molar-refractivity contribution is 5.96. The number of hydrogen-bond acceptors (Lipinski definition) is 6. The van der Waals surface area contributed by atoms with Crippen molar-refractivity contribution in [3.63, 3.8) is 0 Å². The Bertz CT molecular complexity index is 675. The van der Waals surface area contributed by atoms with Crippen LogP contribution in [0.1, 0.15) is 10.4 Å². The first-order valence-corrected chi connectivity index (χ1v) is 6.62. The summed E-state index contributed by atoms with van der Waals surface area (Å²) in [6.07, 6.45) is 2.75. The molecule has 0 aliphatic carbocycles. The monoisotopic (exact) mass is 299 g/mol. The third-order valence-electron chi connectivity index (χ3n) is 3.06. The van der Waals surface area contributed by atoms with Crippen LogP contribution in [0, 0.1) is 0 Å². The number of rotatable bonds is 4. The van der Waals surface area contributed by atoms with Gasteiger partial charge in [0.05, 0.1) is 6.54 Å². The average Bonchev–Trinajstić information content (AvgIpc) is 3.00. The number of hydrogen-bond donors (Lipinski definition) is 2. The molecule has 8 heteroatoms. The molecule has 1 aromatic heterocycles. The maximum absolute atomic E-state index is 12.0. The van der Waals surface area contributed by atoms with Crippen LogP contribution >= 0.6 is 0 Å². The Balaban J connectivity index is 1.62. The van der Waals surface area contributed by atoms with E-state index in [9.17, 15) is 9.59 Å². The van der Waals surface area contributed by atoms with Gasteiger partial charge in [-0.05, 0) is 30.3 Å². The van der Waals surface area contributed by atoms with Crippen LogP contribution in [-0.2, 0) is 4.74 Å². The second-order valence-corrected chi connectivity index (χ2v) is 4.46. The van der Waals surface area contributed by atoms with Crippen LogP contribution < -0.4 is 15.8 Å². The van der Waals surface area contributed by atoms with E-state index in [0.29, 0.717) is 30.4 Å². The summed E-state index contributed by atoms with van der Waals surface area (Å²) in [6, 6.07) is 8.32. The van der Waals surface area contributed by atoms with Gasteiger partial charge in [-0.3, -0.25) is 20.5 Å². The SMILES string of the molecule is O=C(NNc1ncccn1)c1ccc(N2CCOC2=O)cc1. The Hall–Kier alpha value is -3.16. The van der Waals surface area contributed by atoms with Crippen molar-refractivity contribution in [2.75, 3.05) is 23.5 Å². The zero-order valence-corrected chi connectivity index (χ0v) is 11.5. The molecule has 2 aromatic rings. The fourth-order valence-electron chi connectivity index (χ4n) is 1.97. The highest BCUT2D eigenvalue weighted by atomic mass is 16.6. The van der Waals surface area contributed by atoms with Crippen molar-refractivity contribution in [3.8, 4) is 0 Å². The number of anilines is 2. The van der Waals surface area contributed by atoms with Crippen LogP contribution in [0.15, 0.2) is 42.7 Å². The second kappa shape index (κ2) is 6.08. The first kappa shape index (κ1) is 13.8. The van der Waals surface area contributed by atoms with Gasteiger partial charge in [-0.25, -0.2) is 14.8 Å². The molecule has 0 radical (unpaired) electrons. The predicted molar refractivity (Wildman–Crippen MR) is 78.3 cm³/mol. The van der Waals surface area contributed by atoms with Gasteiger partial charge in [0.15, 0.2) is 0 Å². The fourth-order valence-corrected chi connectivity index (χ4v) is 1.97. The number of nitrogens with zero attached hydrogens (tertiary/aromatic N) is 3. The molecule has 0 spiro atoms. The Morgan fingerprint density at radius 1 is 1.18 bits per heavy atom. The quantitative estimate of drug-likeness (QED) is 0.823. The van der Waals surface area contributed by atoms with E-state index in [0.717, 1.165) is 0 Å². The average molecular weight is 299 g/mol. The highest BCUT2D eigenvalue weighted by Crippen LogP contribution is 2.19. The Morgan fingerprint density at radius 2 is 1.91 bits per heavy atom. The number of aromatic nitrogens is 2. The normalized spacial score (nSPS) is 13.6. The smallest absolute Gasteiger partial charge is 0.414 e. The number of carbonyl (C=O) groups is 2. The van der Waals surface area contributed by atoms with Gasteiger partial charge in [0.1, 0.15) is 6.61 Å². The predicted octanol–water partition coefficient (Wildman–Crippen LogP) is 1.19. The Kier molecular flexibility index (Phi) is 3.82. The first-order chi connectivity index (χ1) is 10.7. The van der Waals surface area contributed by atoms with Gasteiger partial charge in [0.2, 0.25) is 5.95 Å². The van der Waals surface area contributed by atoms with E-state index in [1.54, 1.807) is 42.7 Å². The number of benzene rings is 1. The zero-order chi connectivity index (χ0) is 15.4. The molecule has 3 rings (SSSR count). The molecule has 0 atom stereocenters. The van der Waals surface area contributed by atoms with Gasteiger partial charge < -0.3 is 4.74 Å². The molecule has 2 amide bonds. The van der Waals surface area contributed by atoms with Crippen molar-refractivity contribution < 1.29 is 14.3 Å². The van der Waals surface area contributed by atoms with Gasteiger partial charge in [0, 0.05) is 23.6 Å². The van der Waals surface area contributed by atoms with E-state index in [4.69, 9.17) is 4.74 Å². The van der Waals surface area contributed by atoms with E-state index in [2.05, 4.69) is 20.8 Å². The molecular formula is C14H13N5O3. The minimum Gasteiger partial charge on any atom is -0.447 e. The molecule has 1 fully saturated rings.